The van der Waals surface area contributed by atoms with Gasteiger partial charge in [0.2, 0.25) is 0 Å². The van der Waals surface area contributed by atoms with E-state index in [1.54, 1.807) is 4.90 Å². The number of aliphatic carboxylic acids is 1. The number of urea groups is 1. The van der Waals surface area contributed by atoms with Gasteiger partial charge in [0.15, 0.2) is 0 Å². The minimum absolute atomic E-state index is 0. The van der Waals surface area contributed by atoms with Gasteiger partial charge in [-0.1, -0.05) is 6.07 Å². The zero-order chi connectivity index (χ0) is 21.3. The monoisotopic (exact) mass is 449 g/mol. The van der Waals surface area contributed by atoms with Crippen LogP contribution in [0, 0.1) is 5.92 Å². The first kappa shape index (κ1) is 23.5. The second-order valence-corrected chi connectivity index (χ2v) is 8.85. The van der Waals surface area contributed by atoms with Crippen molar-refractivity contribution in [3.8, 4) is 0 Å². The summed E-state index contributed by atoms with van der Waals surface area (Å²) in [5, 5.41) is 12.3. The lowest BCUT2D eigenvalue weighted by atomic mass is 9.83. The molecule has 1 atom stereocenters. The van der Waals surface area contributed by atoms with Crippen molar-refractivity contribution in [1.29, 1.82) is 0 Å². The number of benzene rings is 1. The molecule has 31 heavy (non-hydrogen) atoms. The molecule has 170 valence electrons. The molecule has 2 heterocycles. The lowest BCUT2D eigenvalue weighted by Crippen LogP contribution is -2.43. The van der Waals surface area contributed by atoms with E-state index in [1.807, 2.05) is 13.0 Å². The highest BCUT2D eigenvalue weighted by Crippen LogP contribution is 2.35. The predicted molar refractivity (Wildman–Crippen MR) is 121 cm³/mol. The van der Waals surface area contributed by atoms with Gasteiger partial charge in [-0.05, 0) is 94.1 Å². The number of nitrogens with zero attached hydrogens (tertiary/aromatic N) is 2. The van der Waals surface area contributed by atoms with Gasteiger partial charge in [0.1, 0.15) is 6.04 Å². The van der Waals surface area contributed by atoms with E-state index in [-0.39, 0.29) is 36.8 Å². The predicted octanol–water partition coefficient (Wildman–Crippen LogP) is 3.38. The molecule has 2 aliphatic heterocycles. The first-order valence-electron chi connectivity index (χ1n) is 11.2. The van der Waals surface area contributed by atoms with Crippen LogP contribution in [0.1, 0.15) is 56.6 Å². The summed E-state index contributed by atoms with van der Waals surface area (Å²) in [6, 6.07) is 5.35. The highest BCUT2D eigenvalue weighted by atomic mass is 35.5. The van der Waals surface area contributed by atoms with Crippen LogP contribution in [0.4, 0.5) is 10.5 Å². The van der Waals surface area contributed by atoms with Crippen LogP contribution in [-0.4, -0.2) is 53.1 Å². The van der Waals surface area contributed by atoms with Crippen LogP contribution in [-0.2, 0) is 22.4 Å². The molecule has 3 amide bonds. The molecule has 3 aliphatic rings. The molecule has 1 unspecified atom stereocenters. The maximum atomic E-state index is 13.3. The van der Waals surface area contributed by atoms with Gasteiger partial charge < -0.3 is 10.4 Å². The Hall–Kier alpha value is -2.12. The summed E-state index contributed by atoms with van der Waals surface area (Å²) in [6.45, 7) is 3.70. The fourth-order valence-electron chi connectivity index (χ4n) is 5.19. The highest BCUT2D eigenvalue weighted by molar-refractivity contribution is 6.14. The first-order valence-corrected chi connectivity index (χ1v) is 11.2. The molecule has 2 fully saturated rings. The number of rotatable bonds is 5. The molecule has 0 bridgehead atoms. The number of carboxylic acids is 1. The summed E-state index contributed by atoms with van der Waals surface area (Å²) in [6.07, 6.45) is 6.04. The Morgan fingerprint density at radius 2 is 1.74 bits per heavy atom. The van der Waals surface area contributed by atoms with Crippen LogP contribution in [0.3, 0.4) is 0 Å². The summed E-state index contributed by atoms with van der Waals surface area (Å²) >= 11 is 0. The second kappa shape index (κ2) is 10.0. The molecular formula is C23H32ClN3O4. The standard InChI is InChI=1S/C23H31N3O4.ClH/c1-15-22(29)26(19-6-2-16(3-7-19)4-9-21(27)28)23(30)25(15)20-8-5-17-10-12-24-13-11-18(17)14-20;/h5,8,14-16,19,24H,2-4,6-7,9-13H2,1H3,(H,27,28);1H/t15?,16-,19-;. The lowest BCUT2D eigenvalue weighted by Gasteiger charge is -2.33. The Morgan fingerprint density at radius 1 is 1.06 bits per heavy atom. The van der Waals surface area contributed by atoms with Crippen molar-refractivity contribution in [3.63, 3.8) is 0 Å². The van der Waals surface area contributed by atoms with E-state index in [0.29, 0.717) is 12.3 Å². The SMILES string of the molecule is CC1C(=O)N([C@H]2CC[C@H](CCC(=O)O)CC2)C(=O)N1c1ccc2c(c1)CCNCC2.Cl. The molecule has 1 aliphatic carbocycles. The van der Waals surface area contributed by atoms with Crippen LogP contribution in [0.15, 0.2) is 18.2 Å². The molecule has 8 heteroatoms. The van der Waals surface area contributed by atoms with Crippen molar-refractivity contribution < 1.29 is 19.5 Å². The van der Waals surface area contributed by atoms with Crippen molar-refractivity contribution in [2.45, 2.75) is 70.4 Å². The van der Waals surface area contributed by atoms with Gasteiger partial charge in [0, 0.05) is 18.2 Å². The Labute approximate surface area is 189 Å². The number of anilines is 1. The van der Waals surface area contributed by atoms with Crippen molar-refractivity contribution in [3.05, 3.63) is 29.3 Å². The first-order chi connectivity index (χ1) is 14.5. The average molecular weight is 450 g/mol. The van der Waals surface area contributed by atoms with Crippen molar-refractivity contribution in [1.82, 2.24) is 10.2 Å². The smallest absolute Gasteiger partial charge is 0.332 e. The normalized spacial score (nSPS) is 26.3. The number of halogens is 1. The maximum Gasteiger partial charge on any atom is 0.332 e. The number of carbonyl (C=O) groups excluding carboxylic acids is 2. The number of imide groups is 1. The van der Waals surface area contributed by atoms with E-state index in [4.69, 9.17) is 5.11 Å². The largest absolute Gasteiger partial charge is 0.481 e. The molecule has 4 rings (SSSR count). The van der Waals surface area contributed by atoms with E-state index in [9.17, 15) is 14.4 Å². The van der Waals surface area contributed by atoms with Crippen LogP contribution in [0.5, 0.6) is 0 Å². The van der Waals surface area contributed by atoms with Gasteiger partial charge >= 0.3 is 12.0 Å². The molecule has 0 radical (unpaired) electrons. The third kappa shape index (κ3) is 4.88. The zero-order valence-corrected chi connectivity index (χ0v) is 18.8. The quantitative estimate of drug-likeness (QED) is 0.672. The van der Waals surface area contributed by atoms with Crippen LogP contribution < -0.4 is 10.2 Å². The maximum absolute atomic E-state index is 13.3. The minimum Gasteiger partial charge on any atom is -0.481 e. The number of nitrogens with one attached hydrogen (secondary N) is 1. The van der Waals surface area contributed by atoms with Crippen molar-refractivity contribution in [2.24, 2.45) is 5.92 Å². The third-order valence-electron chi connectivity index (χ3n) is 6.95. The summed E-state index contributed by atoms with van der Waals surface area (Å²) in [4.78, 5) is 40.3. The average Bonchev–Trinajstić information content (AvgIpc) is 2.89. The van der Waals surface area contributed by atoms with Crippen LogP contribution in [0.25, 0.3) is 0 Å². The minimum atomic E-state index is -0.761. The summed E-state index contributed by atoms with van der Waals surface area (Å²) < 4.78 is 0. The molecule has 1 saturated carbocycles. The van der Waals surface area contributed by atoms with Gasteiger partial charge in [-0.25, -0.2) is 4.79 Å². The molecule has 1 aromatic rings. The molecule has 7 nitrogen and oxygen atoms in total. The van der Waals surface area contributed by atoms with E-state index < -0.39 is 12.0 Å². The molecular weight excluding hydrogens is 418 g/mol. The Morgan fingerprint density at radius 3 is 2.42 bits per heavy atom. The number of amides is 3. The van der Waals surface area contributed by atoms with E-state index >= 15 is 0 Å². The molecule has 2 N–H and O–H groups in total. The van der Waals surface area contributed by atoms with Crippen molar-refractivity contribution in [2.75, 3.05) is 18.0 Å². The topological polar surface area (TPSA) is 90.0 Å². The van der Waals surface area contributed by atoms with Gasteiger partial charge in [-0.3, -0.25) is 19.4 Å². The Kier molecular flexibility index (Phi) is 7.59. The van der Waals surface area contributed by atoms with Crippen LogP contribution in [0.2, 0.25) is 0 Å². The Bertz CT molecular complexity index is 838. The lowest BCUT2D eigenvalue weighted by molar-refractivity contribution is -0.137. The molecule has 1 aromatic carbocycles. The van der Waals surface area contributed by atoms with Gasteiger partial charge in [-0.2, -0.15) is 0 Å². The van der Waals surface area contributed by atoms with Gasteiger partial charge in [0.25, 0.3) is 5.91 Å². The fourth-order valence-corrected chi connectivity index (χ4v) is 5.19. The van der Waals surface area contributed by atoms with Crippen LogP contribution >= 0.6 is 12.4 Å². The second-order valence-electron chi connectivity index (χ2n) is 8.85. The number of carboxylic acid groups (broad SMARTS) is 1. The summed E-state index contributed by atoms with van der Waals surface area (Å²) in [5.74, 6) is -0.509. The summed E-state index contributed by atoms with van der Waals surface area (Å²) in [5.41, 5.74) is 3.37. The summed E-state index contributed by atoms with van der Waals surface area (Å²) in [7, 11) is 0. The number of fused-ring (bicyclic) bond motifs is 1. The number of hydrogen-bond donors (Lipinski definition) is 2. The molecule has 0 aromatic heterocycles. The van der Waals surface area contributed by atoms with Gasteiger partial charge in [-0.15, -0.1) is 12.4 Å². The van der Waals surface area contributed by atoms with E-state index in [0.717, 1.165) is 57.3 Å². The number of hydrogen-bond acceptors (Lipinski definition) is 4. The van der Waals surface area contributed by atoms with E-state index in [1.165, 1.54) is 16.0 Å². The highest BCUT2D eigenvalue weighted by Gasteiger charge is 2.47. The molecule has 0 spiro atoms. The fraction of sp³-hybridized carbons (Fsp3) is 0.609. The third-order valence-corrected chi connectivity index (χ3v) is 6.95. The van der Waals surface area contributed by atoms with Crippen molar-refractivity contribution >= 4 is 36.0 Å². The van der Waals surface area contributed by atoms with E-state index in [2.05, 4.69) is 17.4 Å². The number of carbonyl (C=O) groups is 3. The molecule has 1 saturated heterocycles. The van der Waals surface area contributed by atoms with Gasteiger partial charge in [0.05, 0.1) is 0 Å². The zero-order valence-electron chi connectivity index (χ0n) is 18.0. The Balaban J connectivity index is 0.00000272.